The Morgan fingerprint density at radius 3 is 2.56 bits per heavy atom. The summed E-state index contributed by atoms with van der Waals surface area (Å²) in [5.41, 5.74) is 0.361. The molecule has 0 amide bonds. The van der Waals surface area contributed by atoms with Crippen molar-refractivity contribution in [2.24, 2.45) is 10.6 Å². The van der Waals surface area contributed by atoms with Crippen LogP contribution in [0.3, 0.4) is 0 Å². The summed E-state index contributed by atoms with van der Waals surface area (Å²) < 4.78 is 38.3. The lowest BCUT2D eigenvalue weighted by Gasteiger charge is -2.31. The van der Waals surface area contributed by atoms with E-state index in [2.05, 4.69) is 15.4 Å². The molecule has 0 fully saturated rings. The fourth-order valence-electron chi connectivity index (χ4n) is 2.55. The van der Waals surface area contributed by atoms with Crippen LogP contribution in [0.25, 0.3) is 6.08 Å². The van der Waals surface area contributed by atoms with E-state index >= 15 is 0 Å². The van der Waals surface area contributed by atoms with Gasteiger partial charge in [-0.2, -0.15) is 0 Å². The average Bonchev–Trinajstić information content (AvgIpc) is 2.55. The number of carbonyl (C=O) groups excluding carboxylic acids is 1. The van der Waals surface area contributed by atoms with Crippen LogP contribution in [0.1, 0.15) is 38.8 Å². The van der Waals surface area contributed by atoms with Gasteiger partial charge in [-0.15, -0.1) is 0 Å². The Hall–Kier alpha value is -2.42. The molecule has 148 valence electrons. The second-order valence-electron chi connectivity index (χ2n) is 7.02. The molecule has 0 aliphatic carbocycles. The molecule has 0 aromatic heterocycles. The highest BCUT2D eigenvalue weighted by Crippen LogP contribution is 2.41. The molecule has 1 aliphatic heterocycles. The number of esters is 1. The number of benzene rings is 1. The molecule has 0 saturated carbocycles. The summed E-state index contributed by atoms with van der Waals surface area (Å²) in [6, 6.07) is 3.14. The highest BCUT2D eigenvalue weighted by atomic mass is 35.5. The maximum atomic E-state index is 14.1. The summed E-state index contributed by atoms with van der Waals surface area (Å²) in [7, 11) is 0. The Kier molecular flexibility index (Phi) is 5.94. The molecule has 1 N–H and O–H groups in total. The molecular formula is C17H19ClF2N2O5. The predicted molar refractivity (Wildman–Crippen MR) is 91.9 cm³/mol. The lowest BCUT2D eigenvalue weighted by molar-refractivity contribution is -0.157. The summed E-state index contributed by atoms with van der Waals surface area (Å²) in [5, 5.41) is 13.5. The number of fused-ring (bicyclic) bond motifs is 1. The fourth-order valence-corrected chi connectivity index (χ4v) is 3.00. The molecular weight excluding hydrogens is 386 g/mol. The van der Waals surface area contributed by atoms with Crippen molar-refractivity contribution in [2.75, 3.05) is 6.79 Å². The molecule has 27 heavy (non-hydrogen) atoms. The van der Waals surface area contributed by atoms with E-state index in [-0.39, 0.29) is 11.2 Å². The monoisotopic (exact) mass is 404 g/mol. The van der Waals surface area contributed by atoms with E-state index in [9.17, 15) is 13.6 Å². The van der Waals surface area contributed by atoms with Crippen molar-refractivity contribution in [3.05, 3.63) is 33.9 Å². The Bertz CT molecular complexity index is 785. The lowest BCUT2D eigenvalue weighted by atomic mass is 9.85. The fraction of sp³-hybridized carbons (Fsp3) is 0.471. The number of rotatable bonds is 5. The first-order chi connectivity index (χ1) is 12.4. The Labute approximate surface area is 159 Å². The smallest absolute Gasteiger partial charge is 0.341 e. The minimum atomic E-state index is -3.37. The third kappa shape index (κ3) is 4.85. The zero-order valence-electron chi connectivity index (χ0n) is 15.1. The van der Waals surface area contributed by atoms with Gasteiger partial charge in [-0.25, -0.2) is 13.6 Å². The summed E-state index contributed by atoms with van der Waals surface area (Å²) in [4.78, 5) is 16.5. The van der Waals surface area contributed by atoms with Crippen LogP contribution in [0, 0.1) is 0 Å². The van der Waals surface area contributed by atoms with Crippen molar-refractivity contribution in [1.29, 1.82) is 0 Å². The largest absolute Gasteiger partial charge is 0.478 e. The van der Waals surface area contributed by atoms with Gasteiger partial charge in [-0.3, -0.25) is 0 Å². The van der Waals surface area contributed by atoms with Gasteiger partial charge >= 0.3 is 5.97 Å². The van der Waals surface area contributed by atoms with Crippen molar-refractivity contribution in [3.63, 3.8) is 0 Å². The molecule has 7 nitrogen and oxygen atoms in total. The highest BCUT2D eigenvalue weighted by molar-refractivity contribution is 6.31. The van der Waals surface area contributed by atoms with Crippen molar-refractivity contribution < 1.29 is 33.1 Å². The van der Waals surface area contributed by atoms with E-state index in [1.807, 2.05) is 20.8 Å². The standard InChI is InChI=1S/C17H19ClF2N2O5/c1-16(2,3)11-7-13-9(6-12(11)18)5-10(14(27-13)17(4,19)20)15(23)25-8-26-22-21-24/h5-7,14H,8H2,1-4H3,(H,22,24)/t14-/m0/s1. The van der Waals surface area contributed by atoms with Crippen LogP contribution in [-0.4, -0.2) is 30.0 Å². The molecule has 0 bridgehead atoms. The second kappa shape index (κ2) is 7.67. The van der Waals surface area contributed by atoms with Gasteiger partial charge in [0.25, 0.3) is 12.7 Å². The number of nitrogens with zero attached hydrogens (tertiary/aromatic N) is 2. The summed E-state index contributed by atoms with van der Waals surface area (Å²) in [5.74, 6) is -4.26. The number of hydrogen-bond acceptors (Lipinski definition) is 6. The molecule has 1 aliphatic rings. The van der Waals surface area contributed by atoms with Crippen LogP contribution >= 0.6 is 11.6 Å². The van der Waals surface area contributed by atoms with Gasteiger partial charge < -0.3 is 19.5 Å². The van der Waals surface area contributed by atoms with Gasteiger partial charge in [0, 0.05) is 17.5 Å². The van der Waals surface area contributed by atoms with Crippen molar-refractivity contribution in [1.82, 2.24) is 0 Å². The van der Waals surface area contributed by atoms with E-state index < -0.39 is 30.4 Å². The third-order valence-corrected chi connectivity index (χ3v) is 4.09. The number of hydrogen-bond donors (Lipinski definition) is 1. The van der Waals surface area contributed by atoms with Gasteiger partial charge in [0.2, 0.25) is 0 Å². The molecule has 1 atom stereocenters. The van der Waals surface area contributed by atoms with Crippen LogP contribution in [0.2, 0.25) is 5.02 Å². The van der Waals surface area contributed by atoms with E-state index in [1.54, 1.807) is 12.1 Å². The van der Waals surface area contributed by atoms with Crippen molar-refractivity contribution in [3.8, 4) is 5.75 Å². The van der Waals surface area contributed by atoms with Gasteiger partial charge in [0.15, 0.2) is 6.10 Å². The molecule has 1 aromatic rings. The molecule has 1 heterocycles. The van der Waals surface area contributed by atoms with E-state index in [4.69, 9.17) is 26.3 Å². The van der Waals surface area contributed by atoms with E-state index in [1.165, 1.54) is 6.08 Å². The Morgan fingerprint density at radius 2 is 2.00 bits per heavy atom. The third-order valence-electron chi connectivity index (χ3n) is 3.78. The minimum absolute atomic E-state index is 0.192. The maximum absolute atomic E-state index is 14.1. The quantitative estimate of drug-likeness (QED) is 0.252. The zero-order chi connectivity index (χ0) is 20.4. The first-order valence-electron chi connectivity index (χ1n) is 7.88. The Morgan fingerprint density at radius 1 is 1.33 bits per heavy atom. The SMILES string of the molecule is CC(C)(C)c1cc2c(cc1Cl)C=C(C(=O)OCO/N=N\O)[C@@H](C(C)(F)F)O2. The lowest BCUT2D eigenvalue weighted by Crippen LogP contribution is -2.41. The van der Waals surface area contributed by atoms with E-state index in [0.717, 1.165) is 5.56 Å². The van der Waals surface area contributed by atoms with Gasteiger partial charge in [0.1, 0.15) is 5.75 Å². The average molecular weight is 405 g/mol. The maximum Gasteiger partial charge on any atom is 0.341 e. The van der Waals surface area contributed by atoms with Crippen LogP contribution in [-0.2, 0) is 19.8 Å². The zero-order valence-corrected chi connectivity index (χ0v) is 15.9. The number of halogens is 3. The predicted octanol–water partition coefficient (Wildman–Crippen LogP) is 4.71. The number of alkyl halides is 2. The molecule has 2 rings (SSSR count). The molecule has 0 unspecified atom stereocenters. The van der Waals surface area contributed by atoms with Gasteiger partial charge in [0.05, 0.1) is 16.1 Å². The van der Waals surface area contributed by atoms with Crippen LogP contribution < -0.4 is 4.74 Å². The molecule has 1 aromatic carbocycles. The normalized spacial score (nSPS) is 17.1. The summed E-state index contributed by atoms with van der Waals surface area (Å²) in [6.07, 6.45) is -0.610. The molecule has 0 radical (unpaired) electrons. The summed E-state index contributed by atoms with van der Waals surface area (Å²) in [6.45, 7) is 5.70. The minimum Gasteiger partial charge on any atom is -0.478 e. The number of ether oxygens (including phenoxy) is 2. The van der Waals surface area contributed by atoms with Gasteiger partial charge in [-0.1, -0.05) is 32.4 Å². The van der Waals surface area contributed by atoms with E-state index in [0.29, 0.717) is 17.5 Å². The first kappa shape index (κ1) is 20.9. The summed E-state index contributed by atoms with van der Waals surface area (Å²) >= 11 is 6.30. The number of carbonyl (C=O) groups is 1. The Balaban J connectivity index is 2.43. The molecule has 0 saturated heterocycles. The highest BCUT2D eigenvalue weighted by Gasteiger charge is 2.44. The van der Waals surface area contributed by atoms with Crippen LogP contribution in [0.5, 0.6) is 5.75 Å². The topological polar surface area (TPSA) is 89.7 Å². The molecule has 10 heteroatoms. The van der Waals surface area contributed by atoms with Crippen LogP contribution in [0.15, 0.2) is 28.3 Å². The van der Waals surface area contributed by atoms with Gasteiger partial charge in [-0.05, 0) is 29.2 Å². The first-order valence-corrected chi connectivity index (χ1v) is 8.26. The van der Waals surface area contributed by atoms with Crippen LogP contribution in [0.4, 0.5) is 8.78 Å². The van der Waals surface area contributed by atoms with Crippen molar-refractivity contribution >= 4 is 23.6 Å². The molecule has 0 spiro atoms. The van der Waals surface area contributed by atoms with Crippen molar-refractivity contribution in [2.45, 2.75) is 45.1 Å². The second-order valence-corrected chi connectivity index (χ2v) is 7.43.